The Labute approximate surface area is 99.3 Å². The van der Waals surface area contributed by atoms with Gasteiger partial charge in [0.1, 0.15) is 0 Å². The first-order chi connectivity index (χ1) is 7.75. The van der Waals surface area contributed by atoms with Gasteiger partial charge < -0.3 is 15.3 Å². The van der Waals surface area contributed by atoms with Crippen LogP contribution in [-0.4, -0.2) is 33.2 Å². The zero-order valence-electron chi connectivity index (χ0n) is 9.81. The zero-order chi connectivity index (χ0) is 13.5. The fourth-order valence-electron chi connectivity index (χ4n) is 1.60. The Kier molecular flexibility index (Phi) is 6.23. The fourth-order valence-corrected chi connectivity index (χ4v) is 1.60. The van der Waals surface area contributed by atoms with Crippen LogP contribution in [0.4, 0.5) is 0 Å². The van der Waals surface area contributed by atoms with Crippen LogP contribution in [0, 0.1) is 5.41 Å². The minimum atomic E-state index is -0.957. The van der Waals surface area contributed by atoms with E-state index in [-0.39, 0.29) is 19.3 Å². The lowest BCUT2D eigenvalue weighted by molar-refractivity contribution is -0.137. The van der Waals surface area contributed by atoms with Crippen LogP contribution in [-0.2, 0) is 14.4 Å². The predicted molar refractivity (Wildman–Crippen MR) is 58.7 cm³/mol. The molecule has 0 heterocycles. The minimum absolute atomic E-state index is 0.0737. The molecule has 17 heavy (non-hydrogen) atoms. The molecule has 0 radical (unpaired) electrons. The number of carboxylic acid groups (broad SMARTS) is 3. The molecule has 0 unspecified atom stereocenters. The first-order valence-electron chi connectivity index (χ1n) is 5.40. The molecule has 3 N–H and O–H groups in total. The van der Waals surface area contributed by atoms with Crippen LogP contribution in [0.5, 0.6) is 0 Å². The Hall–Kier alpha value is -1.59. The molecule has 0 fully saturated rings. The maximum absolute atomic E-state index is 10.5. The molecule has 0 bridgehead atoms. The average Bonchev–Trinajstić information content (AvgIpc) is 2.21. The van der Waals surface area contributed by atoms with E-state index < -0.39 is 23.3 Å². The third-order valence-corrected chi connectivity index (χ3v) is 2.83. The number of hydrogen-bond donors (Lipinski definition) is 3. The number of aliphatic carboxylic acids is 3. The summed E-state index contributed by atoms with van der Waals surface area (Å²) in [5.41, 5.74) is -0.546. The van der Waals surface area contributed by atoms with Crippen molar-refractivity contribution in [3.8, 4) is 0 Å². The van der Waals surface area contributed by atoms with E-state index in [2.05, 4.69) is 0 Å². The Morgan fingerprint density at radius 1 is 0.765 bits per heavy atom. The number of carboxylic acids is 3. The number of rotatable bonds is 9. The summed E-state index contributed by atoms with van der Waals surface area (Å²) >= 11 is 0. The van der Waals surface area contributed by atoms with E-state index in [9.17, 15) is 14.4 Å². The lowest BCUT2D eigenvalue weighted by Crippen LogP contribution is -2.21. The molecule has 0 rings (SSSR count). The maximum atomic E-state index is 10.5. The summed E-state index contributed by atoms with van der Waals surface area (Å²) in [6.07, 6.45) is 0.663. The molecule has 0 atom stereocenters. The van der Waals surface area contributed by atoms with Crippen LogP contribution in [0.25, 0.3) is 0 Å². The summed E-state index contributed by atoms with van der Waals surface area (Å²) in [5, 5.41) is 25.8. The van der Waals surface area contributed by atoms with Gasteiger partial charge in [-0.25, -0.2) is 0 Å². The van der Waals surface area contributed by atoms with Crippen molar-refractivity contribution in [1.29, 1.82) is 0 Å². The predicted octanol–water partition coefficient (Wildman–Crippen LogP) is 1.59. The van der Waals surface area contributed by atoms with Gasteiger partial charge in [-0.3, -0.25) is 14.4 Å². The Bertz CT molecular complexity index is 251. The average molecular weight is 246 g/mol. The SMILES string of the molecule is CC(CCC(=O)O)(CCC(=O)O)CCC(=O)O. The molecule has 0 aliphatic carbocycles. The first-order valence-corrected chi connectivity index (χ1v) is 5.40. The molecular formula is C11H18O6. The van der Waals surface area contributed by atoms with Crippen LogP contribution in [0.1, 0.15) is 45.4 Å². The summed E-state index contributed by atoms with van der Waals surface area (Å²) in [7, 11) is 0. The van der Waals surface area contributed by atoms with E-state index in [0.717, 1.165) is 0 Å². The van der Waals surface area contributed by atoms with Crippen LogP contribution in [0.2, 0.25) is 0 Å². The van der Waals surface area contributed by atoms with Gasteiger partial charge in [0.2, 0.25) is 0 Å². The highest BCUT2D eigenvalue weighted by Gasteiger charge is 2.26. The molecule has 0 aliphatic rings. The summed E-state index contributed by atoms with van der Waals surface area (Å²) in [6, 6.07) is 0. The standard InChI is InChI=1S/C11H18O6/c1-11(5-2-8(12)13,6-3-9(14)15)7-4-10(16)17/h2-7H2,1H3,(H,12,13)(H,14,15)(H,16,17). The van der Waals surface area contributed by atoms with Gasteiger partial charge in [-0.15, -0.1) is 0 Å². The van der Waals surface area contributed by atoms with Gasteiger partial charge in [-0.1, -0.05) is 6.92 Å². The van der Waals surface area contributed by atoms with Crippen LogP contribution in [0.15, 0.2) is 0 Å². The molecular weight excluding hydrogens is 228 g/mol. The minimum Gasteiger partial charge on any atom is -0.481 e. The molecule has 0 amide bonds. The van der Waals surface area contributed by atoms with Crippen molar-refractivity contribution in [1.82, 2.24) is 0 Å². The topological polar surface area (TPSA) is 112 Å². The largest absolute Gasteiger partial charge is 0.481 e. The monoisotopic (exact) mass is 246 g/mol. The van der Waals surface area contributed by atoms with Gasteiger partial charge in [-0.2, -0.15) is 0 Å². The summed E-state index contributed by atoms with van der Waals surface area (Å²) in [4.78, 5) is 31.5. The van der Waals surface area contributed by atoms with Crippen molar-refractivity contribution in [2.45, 2.75) is 45.4 Å². The van der Waals surface area contributed by atoms with Gasteiger partial charge in [0, 0.05) is 19.3 Å². The first kappa shape index (κ1) is 15.4. The lowest BCUT2D eigenvalue weighted by atomic mass is 9.77. The van der Waals surface area contributed by atoms with E-state index in [0.29, 0.717) is 19.3 Å². The molecule has 0 spiro atoms. The quantitative estimate of drug-likeness (QED) is 0.569. The van der Waals surface area contributed by atoms with Crippen molar-refractivity contribution in [3.63, 3.8) is 0 Å². The van der Waals surface area contributed by atoms with Crippen molar-refractivity contribution in [3.05, 3.63) is 0 Å². The second kappa shape index (κ2) is 6.88. The van der Waals surface area contributed by atoms with Crippen molar-refractivity contribution < 1.29 is 29.7 Å². The van der Waals surface area contributed by atoms with Crippen molar-refractivity contribution in [2.24, 2.45) is 5.41 Å². The van der Waals surface area contributed by atoms with Gasteiger partial charge >= 0.3 is 17.9 Å². The second-order valence-electron chi connectivity index (χ2n) is 4.49. The number of carbonyl (C=O) groups is 3. The molecule has 6 nitrogen and oxygen atoms in total. The van der Waals surface area contributed by atoms with Gasteiger partial charge in [0.05, 0.1) is 0 Å². The normalized spacial score (nSPS) is 11.1. The Morgan fingerprint density at radius 2 is 1.00 bits per heavy atom. The van der Waals surface area contributed by atoms with E-state index in [4.69, 9.17) is 15.3 Å². The van der Waals surface area contributed by atoms with Crippen molar-refractivity contribution >= 4 is 17.9 Å². The number of hydrogen-bond acceptors (Lipinski definition) is 3. The van der Waals surface area contributed by atoms with E-state index in [1.165, 1.54) is 0 Å². The van der Waals surface area contributed by atoms with Gasteiger partial charge in [0.15, 0.2) is 0 Å². The van der Waals surface area contributed by atoms with E-state index >= 15 is 0 Å². The molecule has 0 aliphatic heterocycles. The van der Waals surface area contributed by atoms with Gasteiger partial charge in [0.25, 0.3) is 0 Å². The molecule has 0 aromatic heterocycles. The molecule has 0 saturated carbocycles. The highest BCUT2D eigenvalue weighted by atomic mass is 16.4. The third-order valence-electron chi connectivity index (χ3n) is 2.83. The summed E-state index contributed by atoms with van der Waals surface area (Å²) in [6.45, 7) is 1.74. The molecule has 0 aromatic carbocycles. The van der Waals surface area contributed by atoms with Gasteiger partial charge in [-0.05, 0) is 24.7 Å². The summed E-state index contributed by atoms with van der Waals surface area (Å²) in [5.74, 6) is -2.87. The van der Waals surface area contributed by atoms with E-state index in [1.54, 1.807) is 6.92 Å². The van der Waals surface area contributed by atoms with E-state index in [1.807, 2.05) is 0 Å². The summed E-state index contributed by atoms with van der Waals surface area (Å²) < 4.78 is 0. The fraction of sp³-hybridized carbons (Fsp3) is 0.727. The van der Waals surface area contributed by atoms with Crippen LogP contribution >= 0.6 is 0 Å². The highest BCUT2D eigenvalue weighted by molar-refractivity contribution is 5.68. The second-order valence-corrected chi connectivity index (χ2v) is 4.49. The molecule has 98 valence electrons. The third kappa shape index (κ3) is 8.24. The smallest absolute Gasteiger partial charge is 0.303 e. The van der Waals surface area contributed by atoms with Crippen LogP contribution < -0.4 is 0 Å². The molecule has 0 saturated heterocycles. The highest BCUT2D eigenvalue weighted by Crippen LogP contribution is 2.34. The Morgan fingerprint density at radius 3 is 1.18 bits per heavy atom. The molecule has 0 aromatic rings. The lowest BCUT2D eigenvalue weighted by Gasteiger charge is -2.28. The Balaban J connectivity index is 4.37. The maximum Gasteiger partial charge on any atom is 0.303 e. The zero-order valence-corrected chi connectivity index (χ0v) is 9.81. The molecule has 6 heteroatoms. The van der Waals surface area contributed by atoms with Crippen LogP contribution in [0.3, 0.4) is 0 Å². The van der Waals surface area contributed by atoms with Crippen molar-refractivity contribution in [2.75, 3.05) is 0 Å².